The van der Waals surface area contributed by atoms with Crippen LogP contribution in [0.15, 0.2) is 12.1 Å². The highest BCUT2D eigenvalue weighted by Gasteiger charge is 2.48. The Morgan fingerprint density at radius 1 is 1.19 bits per heavy atom. The Morgan fingerprint density at radius 3 is 2.31 bits per heavy atom. The quantitative estimate of drug-likeness (QED) is 0.761. The first-order chi connectivity index (χ1) is 7.46. The fraction of sp³-hybridized carbons (Fsp3) is 0.538. The van der Waals surface area contributed by atoms with Gasteiger partial charge in [-0.2, -0.15) is 0 Å². The third-order valence-corrected chi connectivity index (χ3v) is 3.19. The molecule has 1 fully saturated rings. The summed E-state index contributed by atoms with van der Waals surface area (Å²) in [6, 6.07) is 3.26. The number of ether oxygens (including phenoxy) is 1. The van der Waals surface area contributed by atoms with Crippen LogP contribution in [0.2, 0.25) is 0 Å². The number of rotatable bonds is 3. The van der Waals surface area contributed by atoms with Crippen LogP contribution in [0.4, 0.5) is 8.78 Å². The zero-order valence-electron chi connectivity index (χ0n) is 9.81. The lowest BCUT2D eigenvalue weighted by Gasteiger charge is -2.20. The number of hydrogen-bond acceptors (Lipinski definition) is 1. The van der Waals surface area contributed by atoms with Gasteiger partial charge in [-0.25, -0.2) is 8.78 Å². The molecule has 2 rings (SSSR count). The van der Waals surface area contributed by atoms with Crippen molar-refractivity contribution in [3.8, 4) is 5.75 Å². The molecular formula is C13H16F2O. The summed E-state index contributed by atoms with van der Waals surface area (Å²) in [7, 11) is 1.56. The molecule has 0 saturated heterocycles. The van der Waals surface area contributed by atoms with Gasteiger partial charge in [0.2, 0.25) is 0 Å². The van der Waals surface area contributed by atoms with Crippen molar-refractivity contribution in [3.63, 3.8) is 0 Å². The molecule has 0 atom stereocenters. The second-order valence-electron chi connectivity index (χ2n) is 4.53. The minimum absolute atomic E-state index is 0.160. The Kier molecular flexibility index (Phi) is 2.64. The van der Waals surface area contributed by atoms with Crippen LogP contribution >= 0.6 is 0 Å². The van der Waals surface area contributed by atoms with Crippen molar-refractivity contribution in [2.75, 3.05) is 7.11 Å². The highest BCUT2D eigenvalue weighted by atomic mass is 19.3. The van der Waals surface area contributed by atoms with Gasteiger partial charge in [-0.3, -0.25) is 0 Å². The monoisotopic (exact) mass is 226 g/mol. The number of hydrogen-bond donors (Lipinski definition) is 0. The molecule has 1 aromatic carbocycles. The second kappa shape index (κ2) is 3.72. The topological polar surface area (TPSA) is 9.23 Å². The predicted octanol–water partition coefficient (Wildman–Crippen LogP) is 3.81. The average molecular weight is 226 g/mol. The van der Waals surface area contributed by atoms with E-state index in [0.29, 0.717) is 24.2 Å². The molecule has 0 aliphatic heterocycles. The number of alkyl halides is 2. The van der Waals surface area contributed by atoms with E-state index in [9.17, 15) is 8.78 Å². The molecule has 16 heavy (non-hydrogen) atoms. The van der Waals surface area contributed by atoms with Crippen molar-refractivity contribution in [2.24, 2.45) is 5.92 Å². The standard InChI is InChI=1S/C13H16F2O/c1-8-7-12(16-3)9(2)6-11(8)13(14,15)10-4-5-10/h6-7,10H,4-5H2,1-3H3. The van der Waals surface area contributed by atoms with Gasteiger partial charge in [0.05, 0.1) is 7.11 Å². The van der Waals surface area contributed by atoms with Crippen LogP contribution < -0.4 is 4.74 Å². The number of benzene rings is 1. The van der Waals surface area contributed by atoms with E-state index in [0.717, 1.165) is 5.56 Å². The van der Waals surface area contributed by atoms with Gasteiger partial charge in [-0.15, -0.1) is 0 Å². The number of aryl methyl sites for hydroxylation is 2. The van der Waals surface area contributed by atoms with Crippen molar-refractivity contribution in [3.05, 3.63) is 28.8 Å². The molecule has 3 heteroatoms. The Morgan fingerprint density at radius 2 is 1.81 bits per heavy atom. The summed E-state index contributed by atoms with van der Waals surface area (Å²) in [5.41, 5.74) is 1.54. The van der Waals surface area contributed by atoms with E-state index >= 15 is 0 Å². The van der Waals surface area contributed by atoms with Crippen molar-refractivity contribution >= 4 is 0 Å². The zero-order valence-corrected chi connectivity index (χ0v) is 9.81. The summed E-state index contributed by atoms with van der Waals surface area (Å²) in [5.74, 6) is -2.46. The maximum Gasteiger partial charge on any atom is 0.276 e. The van der Waals surface area contributed by atoms with Crippen molar-refractivity contribution in [2.45, 2.75) is 32.6 Å². The van der Waals surface area contributed by atoms with Gasteiger partial charge >= 0.3 is 0 Å². The summed E-state index contributed by atoms with van der Waals surface area (Å²) < 4.78 is 33.1. The maximum atomic E-state index is 14.0. The smallest absolute Gasteiger partial charge is 0.276 e. The van der Waals surface area contributed by atoms with E-state index in [2.05, 4.69) is 0 Å². The molecule has 0 amide bonds. The van der Waals surface area contributed by atoms with E-state index in [-0.39, 0.29) is 5.56 Å². The Hall–Kier alpha value is -1.12. The van der Waals surface area contributed by atoms with Gasteiger partial charge < -0.3 is 4.74 Å². The van der Waals surface area contributed by atoms with Crippen molar-refractivity contribution < 1.29 is 13.5 Å². The molecule has 1 saturated carbocycles. The molecular weight excluding hydrogens is 210 g/mol. The van der Waals surface area contributed by atoms with Crippen LogP contribution in [0.25, 0.3) is 0 Å². The molecule has 1 aliphatic carbocycles. The third kappa shape index (κ3) is 1.79. The van der Waals surface area contributed by atoms with E-state index in [1.54, 1.807) is 33.1 Å². The largest absolute Gasteiger partial charge is 0.496 e. The van der Waals surface area contributed by atoms with Crippen molar-refractivity contribution in [1.82, 2.24) is 0 Å². The first-order valence-corrected chi connectivity index (χ1v) is 5.50. The minimum atomic E-state index is -2.68. The fourth-order valence-electron chi connectivity index (χ4n) is 2.03. The molecule has 0 unspecified atom stereocenters. The Labute approximate surface area is 94.4 Å². The molecule has 0 aromatic heterocycles. The lowest BCUT2D eigenvalue weighted by Crippen LogP contribution is -2.18. The van der Waals surface area contributed by atoms with Gasteiger partial charge in [0, 0.05) is 11.5 Å². The first-order valence-electron chi connectivity index (χ1n) is 5.50. The first kappa shape index (κ1) is 11.4. The number of halogens is 2. The molecule has 0 radical (unpaired) electrons. The number of methoxy groups -OCH3 is 1. The Balaban J connectivity index is 2.45. The van der Waals surface area contributed by atoms with Crippen LogP contribution in [-0.2, 0) is 5.92 Å². The van der Waals surface area contributed by atoms with Crippen LogP contribution in [-0.4, -0.2) is 7.11 Å². The highest BCUT2D eigenvalue weighted by molar-refractivity contribution is 5.43. The normalized spacial score (nSPS) is 16.3. The average Bonchev–Trinajstić information content (AvgIpc) is 3.04. The summed E-state index contributed by atoms with van der Waals surface area (Å²) in [4.78, 5) is 0. The third-order valence-electron chi connectivity index (χ3n) is 3.19. The molecule has 0 bridgehead atoms. The summed E-state index contributed by atoms with van der Waals surface area (Å²) in [6.07, 6.45) is 1.27. The summed E-state index contributed by atoms with van der Waals surface area (Å²) in [5, 5.41) is 0. The van der Waals surface area contributed by atoms with Crippen LogP contribution in [0.3, 0.4) is 0 Å². The second-order valence-corrected chi connectivity index (χ2v) is 4.53. The maximum absolute atomic E-state index is 14.0. The molecule has 0 spiro atoms. The van der Waals surface area contributed by atoms with Crippen LogP contribution in [0.1, 0.15) is 29.5 Å². The molecule has 1 aliphatic rings. The van der Waals surface area contributed by atoms with Gasteiger partial charge in [0.1, 0.15) is 5.75 Å². The van der Waals surface area contributed by atoms with Crippen LogP contribution in [0.5, 0.6) is 5.75 Å². The fourth-order valence-corrected chi connectivity index (χ4v) is 2.03. The molecule has 0 N–H and O–H groups in total. The van der Waals surface area contributed by atoms with Gasteiger partial charge in [0.15, 0.2) is 0 Å². The molecule has 88 valence electrons. The molecule has 1 aromatic rings. The molecule has 0 heterocycles. The van der Waals surface area contributed by atoms with Gasteiger partial charge in [-0.05, 0) is 49.9 Å². The van der Waals surface area contributed by atoms with E-state index < -0.39 is 11.8 Å². The van der Waals surface area contributed by atoms with E-state index in [4.69, 9.17) is 4.74 Å². The minimum Gasteiger partial charge on any atom is -0.496 e. The van der Waals surface area contributed by atoms with Crippen LogP contribution in [0, 0.1) is 19.8 Å². The molecule has 1 nitrogen and oxygen atoms in total. The summed E-state index contributed by atoms with van der Waals surface area (Å²) >= 11 is 0. The van der Waals surface area contributed by atoms with Gasteiger partial charge in [0.25, 0.3) is 5.92 Å². The Bertz CT molecular complexity index is 409. The summed E-state index contributed by atoms with van der Waals surface area (Å²) in [6.45, 7) is 3.51. The lowest BCUT2D eigenvalue weighted by atomic mass is 9.96. The zero-order chi connectivity index (χ0) is 11.9. The highest BCUT2D eigenvalue weighted by Crippen LogP contribution is 2.51. The lowest BCUT2D eigenvalue weighted by molar-refractivity contribution is -0.0292. The predicted molar refractivity (Wildman–Crippen MR) is 59.1 cm³/mol. The van der Waals surface area contributed by atoms with Gasteiger partial charge in [-0.1, -0.05) is 0 Å². The van der Waals surface area contributed by atoms with E-state index in [1.807, 2.05) is 0 Å². The van der Waals surface area contributed by atoms with Crippen molar-refractivity contribution in [1.29, 1.82) is 0 Å². The SMILES string of the molecule is COc1cc(C)c(C(F)(F)C2CC2)cc1C. The van der Waals surface area contributed by atoms with E-state index in [1.165, 1.54) is 0 Å².